The molecule has 1 rings (SSSR count). The highest BCUT2D eigenvalue weighted by Gasteiger charge is 2.04. The molecule has 0 radical (unpaired) electrons. The van der Waals surface area contributed by atoms with Crippen LogP contribution in [0.1, 0.15) is 26.8 Å². The van der Waals surface area contributed by atoms with Crippen LogP contribution in [-0.2, 0) is 0 Å². The van der Waals surface area contributed by atoms with Gasteiger partial charge in [0.05, 0.1) is 0 Å². The second kappa shape index (κ2) is 3.71. The zero-order valence-electron chi connectivity index (χ0n) is 7.59. The van der Waals surface area contributed by atoms with Gasteiger partial charge in [0.2, 0.25) is 9.93 Å². The third-order valence-corrected chi connectivity index (χ3v) is 2.22. The molecular formula is C7H14N4S. The molecule has 1 aromatic rings. The second-order valence-corrected chi connectivity index (χ2v) is 3.76. The summed E-state index contributed by atoms with van der Waals surface area (Å²) < 4.78 is 1.71. The normalized spacial score (nSPS) is 10.7. The van der Waals surface area contributed by atoms with Gasteiger partial charge in [-0.05, 0) is 20.8 Å². The van der Waals surface area contributed by atoms with Crippen molar-refractivity contribution in [1.29, 1.82) is 5.41 Å². The number of hydrogen-bond acceptors (Lipinski definition) is 4. The Labute approximate surface area is 75.7 Å². The molecule has 0 aliphatic heterocycles. The van der Waals surface area contributed by atoms with E-state index >= 15 is 0 Å². The van der Waals surface area contributed by atoms with Crippen molar-refractivity contribution in [2.75, 3.05) is 11.9 Å². The maximum absolute atomic E-state index is 7.58. The van der Waals surface area contributed by atoms with Gasteiger partial charge in [0, 0.05) is 12.6 Å². The van der Waals surface area contributed by atoms with E-state index in [1.807, 2.05) is 20.8 Å². The monoisotopic (exact) mass is 186 g/mol. The summed E-state index contributed by atoms with van der Waals surface area (Å²) in [6.07, 6.45) is 0. The summed E-state index contributed by atoms with van der Waals surface area (Å²) in [5, 5.41) is 15.7. The average Bonchev–Trinajstić information content (AvgIpc) is 2.32. The van der Waals surface area contributed by atoms with Crippen molar-refractivity contribution in [3.63, 3.8) is 0 Å². The zero-order valence-corrected chi connectivity index (χ0v) is 8.40. The number of rotatable bonds is 3. The first kappa shape index (κ1) is 9.25. The van der Waals surface area contributed by atoms with E-state index in [0.717, 1.165) is 11.7 Å². The van der Waals surface area contributed by atoms with Gasteiger partial charge in [-0.25, -0.2) is 4.68 Å². The molecule has 0 fully saturated rings. The molecule has 0 atom stereocenters. The predicted molar refractivity (Wildman–Crippen MR) is 50.5 cm³/mol. The van der Waals surface area contributed by atoms with E-state index in [9.17, 15) is 0 Å². The molecule has 4 nitrogen and oxygen atoms in total. The maximum Gasteiger partial charge on any atom is 0.205 e. The summed E-state index contributed by atoms with van der Waals surface area (Å²) in [4.78, 5) is 0.501. The van der Waals surface area contributed by atoms with Crippen LogP contribution in [-0.4, -0.2) is 16.3 Å². The van der Waals surface area contributed by atoms with Crippen LogP contribution in [0.2, 0.25) is 0 Å². The van der Waals surface area contributed by atoms with Crippen LogP contribution < -0.4 is 10.1 Å². The lowest BCUT2D eigenvalue weighted by Crippen LogP contribution is -2.16. The summed E-state index contributed by atoms with van der Waals surface area (Å²) in [5.41, 5.74) is 0. The Morgan fingerprint density at radius 2 is 2.33 bits per heavy atom. The van der Waals surface area contributed by atoms with Crippen molar-refractivity contribution in [3.05, 3.63) is 4.80 Å². The fourth-order valence-electron chi connectivity index (χ4n) is 0.875. The standard InChI is InChI=1S/C7H14N4S/c1-4-9-7-10-11(5(2)3)6(8)12-7/h5,8H,4H2,1-3H3,(H,9,10). The van der Waals surface area contributed by atoms with Crippen LogP contribution in [0, 0.1) is 5.41 Å². The lowest BCUT2D eigenvalue weighted by Gasteiger charge is -2.02. The van der Waals surface area contributed by atoms with Crippen molar-refractivity contribution in [2.24, 2.45) is 0 Å². The third-order valence-electron chi connectivity index (χ3n) is 1.42. The lowest BCUT2D eigenvalue weighted by atomic mass is 10.4. The minimum absolute atomic E-state index is 0.265. The lowest BCUT2D eigenvalue weighted by molar-refractivity contribution is 0.510. The fraction of sp³-hybridized carbons (Fsp3) is 0.714. The Hall–Kier alpha value is -0.840. The average molecular weight is 186 g/mol. The second-order valence-electron chi connectivity index (χ2n) is 2.78. The van der Waals surface area contributed by atoms with Gasteiger partial charge in [0.1, 0.15) is 0 Å². The van der Waals surface area contributed by atoms with Crippen LogP contribution in [0.15, 0.2) is 0 Å². The fourth-order valence-corrected chi connectivity index (χ4v) is 1.75. The number of nitrogens with one attached hydrogen (secondary N) is 2. The highest BCUT2D eigenvalue weighted by Crippen LogP contribution is 2.08. The van der Waals surface area contributed by atoms with E-state index < -0.39 is 0 Å². The Morgan fingerprint density at radius 1 is 1.67 bits per heavy atom. The van der Waals surface area contributed by atoms with Gasteiger partial charge in [-0.2, -0.15) is 0 Å². The van der Waals surface area contributed by atoms with E-state index in [4.69, 9.17) is 5.41 Å². The first-order valence-corrected chi connectivity index (χ1v) is 4.85. The van der Waals surface area contributed by atoms with Crippen LogP contribution >= 0.6 is 11.3 Å². The molecule has 1 heterocycles. The van der Waals surface area contributed by atoms with Crippen LogP contribution in [0.25, 0.3) is 0 Å². The van der Waals surface area contributed by atoms with Gasteiger partial charge >= 0.3 is 0 Å². The Balaban J connectivity index is 2.93. The Morgan fingerprint density at radius 3 is 2.75 bits per heavy atom. The minimum atomic E-state index is 0.265. The highest BCUT2D eigenvalue weighted by molar-refractivity contribution is 7.12. The summed E-state index contributed by atoms with van der Waals surface area (Å²) in [7, 11) is 0. The molecule has 0 aliphatic carbocycles. The molecule has 12 heavy (non-hydrogen) atoms. The molecule has 0 aromatic carbocycles. The minimum Gasteiger partial charge on any atom is -0.360 e. The summed E-state index contributed by atoms with van der Waals surface area (Å²) >= 11 is 1.37. The predicted octanol–water partition coefficient (Wildman–Crippen LogP) is 1.44. The van der Waals surface area contributed by atoms with Crippen LogP contribution in [0.4, 0.5) is 5.13 Å². The first-order chi connectivity index (χ1) is 5.65. The zero-order chi connectivity index (χ0) is 9.14. The maximum atomic E-state index is 7.58. The molecule has 0 aliphatic rings. The van der Waals surface area contributed by atoms with Gasteiger partial charge in [0.15, 0.2) is 0 Å². The van der Waals surface area contributed by atoms with Gasteiger partial charge in [-0.1, -0.05) is 11.3 Å². The number of aromatic nitrogens is 2. The Bertz CT molecular complexity index is 299. The number of anilines is 1. The number of nitrogens with zero attached hydrogens (tertiary/aromatic N) is 2. The van der Waals surface area contributed by atoms with Crippen LogP contribution in [0.5, 0.6) is 0 Å². The van der Waals surface area contributed by atoms with Crippen molar-refractivity contribution >= 4 is 16.5 Å². The SMILES string of the molecule is CCNc1nn(C(C)C)c(=N)s1. The summed E-state index contributed by atoms with van der Waals surface area (Å²) in [6, 6.07) is 0.265. The van der Waals surface area contributed by atoms with Gasteiger partial charge in [0.25, 0.3) is 0 Å². The van der Waals surface area contributed by atoms with Crippen molar-refractivity contribution in [1.82, 2.24) is 9.78 Å². The van der Waals surface area contributed by atoms with Gasteiger partial charge < -0.3 is 5.32 Å². The first-order valence-electron chi connectivity index (χ1n) is 4.03. The molecule has 5 heteroatoms. The van der Waals surface area contributed by atoms with Crippen molar-refractivity contribution in [3.8, 4) is 0 Å². The molecule has 0 saturated heterocycles. The molecule has 0 unspecified atom stereocenters. The molecule has 2 N–H and O–H groups in total. The van der Waals surface area contributed by atoms with E-state index in [0.29, 0.717) is 4.80 Å². The van der Waals surface area contributed by atoms with Crippen molar-refractivity contribution in [2.45, 2.75) is 26.8 Å². The molecule has 0 amide bonds. The van der Waals surface area contributed by atoms with E-state index in [2.05, 4.69) is 10.4 Å². The Kier molecular flexibility index (Phi) is 2.86. The van der Waals surface area contributed by atoms with E-state index in [1.54, 1.807) is 4.68 Å². The summed E-state index contributed by atoms with van der Waals surface area (Å²) in [5.74, 6) is 0. The topological polar surface area (TPSA) is 53.7 Å². The highest BCUT2D eigenvalue weighted by atomic mass is 32.1. The molecule has 0 saturated carbocycles. The van der Waals surface area contributed by atoms with Crippen LogP contribution in [0.3, 0.4) is 0 Å². The molecule has 0 bridgehead atoms. The van der Waals surface area contributed by atoms with E-state index in [-0.39, 0.29) is 6.04 Å². The smallest absolute Gasteiger partial charge is 0.205 e. The van der Waals surface area contributed by atoms with Gasteiger partial charge in [-0.15, -0.1) is 5.10 Å². The van der Waals surface area contributed by atoms with Gasteiger partial charge in [-0.3, -0.25) is 5.41 Å². The molecular weight excluding hydrogens is 172 g/mol. The van der Waals surface area contributed by atoms with Crippen molar-refractivity contribution < 1.29 is 0 Å². The largest absolute Gasteiger partial charge is 0.360 e. The van der Waals surface area contributed by atoms with E-state index in [1.165, 1.54) is 11.3 Å². The molecule has 68 valence electrons. The molecule has 0 spiro atoms. The quantitative estimate of drug-likeness (QED) is 0.750. The number of hydrogen-bond donors (Lipinski definition) is 2. The summed E-state index contributed by atoms with van der Waals surface area (Å²) in [6.45, 7) is 6.91. The molecule has 1 aromatic heterocycles. The third kappa shape index (κ3) is 1.85.